The van der Waals surface area contributed by atoms with Gasteiger partial charge in [-0.2, -0.15) is 0 Å². The molecule has 0 saturated heterocycles. The lowest BCUT2D eigenvalue weighted by Crippen LogP contribution is -2.27. The summed E-state index contributed by atoms with van der Waals surface area (Å²) in [5.41, 5.74) is 1.64. The Morgan fingerprint density at radius 1 is 1.07 bits per heavy atom. The predicted molar refractivity (Wildman–Crippen MR) is 101 cm³/mol. The van der Waals surface area contributed by atoms with Gasteiger partial charge in [-0.3, -0.25) is 4.79 Å². The first-order valence-electron chi connectivity index (χ1n) is 8.41. The maximum absolute atomic E-state index is 13.1. The fourth-order valence-corrected chi connectivity index (χ4v) is 2.72. The fourth-order valence-electron chi connectivity index (χ4n) is 2.72. The maximum Gasteiger partial charge on any atom is 0.346 e. The minimum atomic E-state index is -0.961. The van der Waals surface area contributed by atoms with E-state index in [2.05, 4.69) is 0 Å². The third-order valence-corrected chi connectivity index (χ3v) is 4.18. The predicted octanol–water partition coefficient (Wildman–Crippen LogP) is 3.72. The minimum absolute atomic E-state index is 0.0313. The van der Waals surface area contributed by atoms with Gasteiger partial charge in [-0.25, -0.2) is 4.79 Å². The molecule has 2 aromatic carbocycles. The lowest BCUT2D eigenvalue weighted by atomic mass is 10.1. The highest BCUT2D eigenvalue weighted by Crippen LogP contribution is 2.32. The Morgan fingerprint density at radius 3 is 2.41 bits per heavy atom. The molecule has 0 radical (unpaired) electrons. The van der Waals surface area contributed by atoms with Crippen LogP contribution < -0.4 is 14.9 Å². The number of hydrogen-bond acceptors (Lipinski definition) is 6. The number of hydrogen-bond donors (Lipinski definition) is 0. The lowest BCUT2D eigenvalue weighted by Gasteiger charge is -2.15. The summed E-state index contributed by atoms with van der Waals surface area (Å²) in [7, 11) is 2.83. The van der Waals surface area contributed by atoms with Gasteiger partial charge in [-0.1, -0.05) is 11.6 Å². The van der Waals surface area contributed by atoms with Gasteiger partial charge in [-0.15, -0.1) is 0 Å². The van der Waals surface area contributed by atoms with Crippen molar-refractivity contribution in [2.45, 2.75) is 20.0 Å². The average molecular weight is 368 g/mol. The van der Waals surface area contributed by atoms with Crippen LogP contribution >= 0.6 is 0 Å². The molecule has 0 bridgehead atoms. The van der Waals surface area contributed by atoms with Gasteiger partial charge in [0.2, 0.25) is 11.2 Å². The Balaban J connectivity index is 2.22. The SMILES string of the molecule is COC(=O)C(C)Oc1c(-c2ccc(OC)cc2)oc2ccc(C)cc2c1=O. The second-order valence-corrected chi connectivity index (χ2v) is 6.10. The molecule has 0 saturated carbocycles. The molecule has 6 heteroatoms. The molecule has 1 atom stereocenters. The van der Waals surface area contributed by atoms with E-state index in [9.17, 15) is 9.59 Å². The Kier molecular flexibility index (Phi) is 5.16. The van der Waals surface area contributed by atoms with Crippen LogP contribution in [0.5, 0.6) is 11.5 Å². The van der Waals surface area contributed by atoms with Gasteiger partial charge >= 0.3 is 5.97 Å². The molecule has 6 nitrogen and oxygen atoms in total. The zero-order chi connectivity index (χ0) is 19.6. The van der Waals surface area contributed by atoms with Crippen molar-refractivity contribution < 1.29 is 23.4 Å². The van der Waals surface area contributed by atoms with Gasteiger partial charge in [0, 0.05) is 5.56 Å². The molecule has 1 unspecified atom stereocenters. The van der Waals surface area contributed by atoms with E-state index in [4.69, 9.17) is 18.6 Å². The Bertz CT molecular complexity index is 1030. The van der Waals surface area contributed by atoms with E-state index in [1.54, 1.807) is 43.5 Å². The number of aryl methyl sites for hydroxylation is 1. The molecule has 0 aliphatic heterocycles. The van der Waals surface area contributed by atoms with Gasteiger partial charge in [0.1, 0.15) is 11.3 Å². The standard InChI is InChI=1S/C21H20O6/c1-12-5-10-17-16(11-12)18(22)20(26-13(2)21(23)25-4)19(27-17)14-6-8-15(24-3)9-7-14/h5-11,13H,1-4H3. The number of carbonyl (C=O) groups excluding carboxylic acids is 1. The molecule has 0 aliphatic rings. The van der Waals surface area contributed by atoms with Gasteiger partial charge in [0.05, 0.1) is 19.6 Å². The van der Waals surface area contributed by atoms with Crippen molar-refractivity contribution in [2.75, 3.05) is 14.2 Å². The first-order chi connectivity index (χ1) is 12.9. The molecule has 0 amide bonds. The Morgan fingerprint density at radius 2 is 1.78 bits per heavy atom. The second-order valence-electron chi connectivity index (χ2n) is 6.10. The third-order valence-electron chi connectivity index (χ3n) is 4.18. The fraction of sp³-hybridized carbons (Fsp3) is 0.238. The van der Waals surface area contributed by atoms with Crippen molar-refractivity contribution in [3.05, 3.63) is 58.3 Å². The molecule has 140 valence electrons. The van der Waals surface area contributed by atoms with Crippen LogP contribution in [0.2, 0.25) is 0 Å². The van der Waals surface area contributed by atoms with Crippen LogP contribution in [0.1, 0.15) is 12.5 Å². The molecule has 3 rings (SSSR count). The summed E-state index contributed by atoms with van der Waals surface area (Å²) in [4.78, 5) is 24.9. The van der Waals surface area contributed by atoms with E-state index < -0.39 is 12.1 Å². The summed E-state index contributed by atoms with van der Waals surface area (Å²) in [6.07, 6.45) is -0.961. The first kappa shape index (κ1) is 18.5. The van der Waals surface area contributed by atoms with Crippen molar-refractivity contribution in [2.24, 2.45) is 0 Å². The number of methoxy groups -OCH3 is 2. The van der Waals surface area contributed by atoms with E-state index in [0.29, 0.717) is 22.3 Å². The number of esters is 1. The third kappa shape index (κ3) is 3.65. The molecule has 0 spiro atoms. The zero-order valence-electron chi connectivity index (χ0n) is 15.6. The van der Waals surface area contributed by atoms with E-state index in [1.807, 2.05) is 13.0 Å². The molecular weight excluding hydrogens is 348 g/mol. The molecular formula is C21H20O6. The molecule has 1 heterocycles. The maximum atomic E-state index is 13.1. The van der Waals surface area contributed by atoms with Crippen LogP contribution in [0.4, 0.5) is 0 Å². The van der Waals surface area contributed by atoms with Crippen LogP contribution in [-0.2, 0) is 9.53 Å². The monoisotopic (exact) mass is 368 g/mol. The van der Waals surface area contributed by atoms with Crippen LogP contribution in [0.25, 0.3) is 22.3 Å². The van der Waals surface area contributed by atoms with Crippen molar-refractivity contribution in [1.29, 1.82) is 0 Å². The highest BCUT2D eigenvalue weighted by Gasteiger charge is 2.23. The smallest absolute Gasteiger partial charge is 0.346 e. The number of ether oxygens (including phenoxy) is 3. The normalized spacial score (nSPS) is 11.9. The van der Waals surface area contributed by atoms with E-state index >= 15 is 0 Å². The molecule has 3 aromatic rings. The molecule has 0 fully saturated rings. The van der Waals surface area contributed by atoms with E-state index in [-0.39, 0.29) is 16.9 Å². The quantitative estimate of drug-likeness (QED) is 0.639. The molecule has 0 aliphatic carbocycles. The van der Waals surface area contributed by atoms with E-state index in [0.717, 1.165) is 5.56 Å². The summed E-state index contributed by atoms with van der Waals surface area (Å²) >= 11 is 0. The first-order valence-corrected chi connectivity index (χ1v) is 8.41. The number of rotatable bonds is 5. The van der Waals surface area contributed by atoms with Gasteiger partial charge in [0.15, 0.2) is 11.9 Å². The van der Waals surface area contributed by atoms with Crippen LogP contribution in [0.15, 0.2) is 51.7 Å². The zero-order valence-corrected chi connectivity index (χ0v) is 15.6. The molecule has 1 aromatic heterocycles. The van der Waals surface area contributed by atoms with Crippen molar-refractivity contribution in [1.82, 2.24) is 0 Å². The van der Waals surface area contributed by atoms with Crippen LogP contribution in [0, 0.1) is 6.92 Å². The summed E-state index contributed by atoms with van der Waals surface area (Å²) in [6.45, 7) is 3.40. The van der Waals surface area contributed by atoms with Crippen molar-refractivity contribution in [3.63, 3.8) is 0 Å². The highest BCUT2D eigenvalue weighted by molar-refractivity contribution is 5.83. The molecule has 0 N–H and O–H groups in total. The lowest BCUT2D eigenvalue weighted by molar-refractivity contribution is -0.147. The van der Waals surface area contributed by atoms with Gasteiger partial charge in [-0.05, 0) is 50.2 Å². The van der Waals surface area contributed by atoms with Crippen LogP contribution in [-0.4, -0.2) is 26.3 Å². The summed E-state index contributed by atoms with van der Waals surface area (Å²) < 4.78 is 21.5. The largest absolute Gasteiger partial charge is 0.497 e. The minimum Gasteiger partial charge on any atom is -0.497 e. The van der Waals surface area contributed by atoms with Crippen molar-refractivity contribution in [3.8, 4) is 22.8 Å². The van der Waals surface area contributed by atoms with E-state index in [1.165, 1.54) is 14.0 Å². The van der Waals surface area contributed by atoms with Crippen LogP contribution in [0.3, 0.4) is 0 Å². The number of fused-ring (bicyclic) bond motifs is 1. The summed E-state index contributed by atoms with van der Waals surface area (Å²) in [5.74, 6) is 0.299. The summed E-state index contributed by atoms with van der Waals surface area (Å²) in [6, 6.07) is 12.4. The highest BCUT2D eigenvalue weighted by atomic mass is 16.6. The van der Waals surface area contributed by atoms with Gasteiger partial charge < -0.3 is 18.6 Å². The topological polar surface area (TPSA) is 75.0 Å². The average Bonchev–Trinajstić information content (AvgIpc) is 2.69. The molecule has 27 heavy (non-hydrogen) atoms. The second kappa shape index (κ2) is 7.53. The number of carbonyl (C=O) groups is 1. The van der Waals surface area contributed by atoms with Crippen molar-refractivity contribution >= 4 is 16.9 Å². The summed E-state index contributed by atoms with van der Waals surface area (Å²) in [5, 5.41) is 0.388. The number of benzene rings is 2. The Labute approximate surface area is 156 Å². The van der Waals surface area contributed by atoms with Gasteiger partial charge in [0.25, 0.3) is 0 Å². The Hall–Kier alpha value is -3.28.